The zero-order chi connectivity index (χ0) is 20.3. The van der Waals surface area contributed by atoms with Crippen LogP contribution in [0.3, 0.4) is 0 Å². The molecule has 1 amide bonds. The largest absolute Gasteiger partial charge is 0.383 e. The zero-order valence-electron chi connectivity index (χ0n) is 16.9. The van der Waals surface area contributed by atoms with Crippen molar-refractivity contribution in [3.05, 3.63) is 27.8 Å². The molecule has 0 bridgehead atoms. The van der Waals surface area contributed by atoms with E-state index in [1.165, 1.54) is 6.07 Å². The number of thioether (sulfide) groups is 1. The van der Waals surface area contributed by atoms with Crippen molar-refractivity contribution in [1.29, 1.82) is 0 Å². The molecule has 1 saturated carbocycles. The van der Waals surface area contributed by atoms with Gasteiger partial charge in [0.2, 0.25) is 0 Å². The van der Waals surface area contributed by atoms with Crippen LogP contribution >= 0.6 is 11.8 Å². The minimum absolute atomic E-state index is 0.0668. The summed E-state index contributed by atoms with van der Waals surface area (Å²) < 4.78 is 0. The number of nitrogens with zero attached hydrogens (tertiary/aromatic N) is 2. The number of nitro groups is 1. The lowest BCUT2D eigenvalue weighted by Gasteiger charge is -2.30. The SMILES string of the molecule is CNc1cc(N(C)C2CCSC2)c(C(=O)N[C@H]2CC[C@H](C)CC2)cc1[N+](=O)[O-]. The van der Waals surface area contributed by atoms with Gasteiger partial charge in [0.05, 0.1) is 16.2 Å². The maximum Gasteiger partial charge on any atom is 0.293 e. The van der Waals surface area contributed by atoms with Gasteiger partial charge in [0.15, 0.2) is 0 Å². The number of hydrogen-bond donors (Lipinski definition) is 2. The molecule has 154 valence electrons. The molecule has 7 nitrogen and oxygen atoms in total. The van der Waals surface area contributed by atoms with Crippen LogP contribution in [0.2, 0.25) is 0 Å². The van der Waals surface area contributed by atoms with Gasteiger partial charge in [-0.15, -0.1) is 0 Å². The smallest absolute Gasteiger partial charge is 0.293 e. The minimum atomic E-state index is -0.430. The Balaban J connectivity index is 1.92. The number of carbonyl (C=O) groups excluding carboxylic acids is 1. The van der Waals surface area contributed by atoms with E-state index >= 15 is 0 Å². The fourth-order valence-corrected chi connectivity index (χ4v) is 5.36. The number of benzene rings is 1. The molecule has 2 fully saturated rings. The lowest BCUT2D eigenvalue weighted by Crippen LogP contribution is -2.39. The van der Waals surface area contributed by atoms with E-state index in [1.807, 2.05) is 18.8 Å². The van der Waals surface area contributed by atoms with Crippen LogP contribution in [0, 0.1) is 16.0 Å². The summed E-state index contributed by atoms with van der Waals surface area (Å²) in [4.78, 5) is 26.3. The van der Waals surface area contributed by atoms with Crippen LogP contribution in [0.25, 0.3) is 0 Å². The standard InChI is InChI=1S/C20H30N4O3S/c1-13-4-6-14(7-5-13)22-20(25)16-10-19(24(26)27)17(21-2)11-18(16)23(3)15-8-9-28-12-15/h10-11,13-15,21H,4-9,12H2,1-3H3,(H,22,25)/t13-,14-,15?. The number of hydrogen-bond acceptors (Lipinski definition) is 6. The fourth-order valence-electron chi connectivity index (χ4n) is 4.09. The second-order valence-corrected chi connectivity index (χ2v) is 9.10. The van der Waals surface area contributed by atoms with Crippen molar-refractivity contribution >= 4 is 34.7 Å². The van der Waals surface area contributed by atoms with Crippen molar-refractivity contribution in [3.63, 3.8) is 0 Å². The van der Waals surface area contributed by atoms with Crippen LogP contribution in [-0.2, 0) is 0 Å². The number of carbonyl (C=O) groups is 1. The van der Waals surface area contributed by atoms with Crippen LogP contribution in [0.5, 0.6) is 0 Å². The fraction of sp³-hybridized carbons (Fsp3) is 0.650. The molecule has 1 heterocycles. The molecule has 1 aliphatic carbocycles. The molecule has 3 rings (SSSR count). The van der Waals surface area contributed by atoms with E-state index in [9.17, 15) is 14.9 Å². The maximum atomic E-state index is 13.1. The highest BCUT2D eigenvalue weighted by Crippen LogP contribution is 2.36. The van der Waals surface area contributed by atoms with Crippen LogP contribution < -0.4 is 15.5 Å². The summed E-state index contributed by atoms with van der Waals surface area (Å²) in [7, 11) is 3.65. The van der Waals surface area contributed by atoms with Gasteiger partial charge in [-0.25, -0.2) is 0 Å². The van der Waals surface area contributed by atoms with Crippen LogP contribution in [0.15, 0.2) is 12.1 Å². The third-order valence-electron chi connectivity index (χ3n) is 6.01. The average Bonchev–Trinajstić information content (AvgIpc) is 3.22. The first-order chi connectivity index (χ1) is 13.4. The summed E-state index contributed by atoms with van der Waals surface area (Å²) in [6, 6.07) is 3.66. The first-order valence-corrected chi connectivity index (χ1v) is 11.2. The van der Waals surface area contributed by atoms with Crippen molar-refractivity contribution in [3.8, 4) is 0 Å². The van der Waals surface area contributed by atoms with Crippen LogP contribution in [0.1, 0.15) is 49.4 Å². The number of rotatable bonds is 6. The van der Waals surface area contributed by atoms with Gasteiger partial charge >= 0.3 is 0 Å². The van der Waals surface area contributed by atoms with Gasteiger partial charge in [0.1, 0.15) is 5.69 Å². The van der Waals surface area contributed by atoms with E-state index < -0.39 is 4.92 Å². The van der Waals surface area contributed by atoms with Crippen LogP contribution in [0.4, 0.5) is 17.1 Å². The van der Waals surface area contributed by atoms with Crippen molar-refractivity contribution in [2.45, 2.75) is 51.1 Å². The summed E-state index contributed by atoms with van der Waals surface area (Å²) in [6.07, 6.45) is 5.20. The number of nitro benzene ring substituents is 1. The summed E-state index contributed by atoms with van der Waals surface area (Å²) >= 11 is 1.90. The van der Waals surface area contributed by atoms with Gasteiger partial charge < -0.3 is 15.5 Å². The molecule has 1 saturated heterocycles. The van der Waals surface area contributed by atoms with Gasteiger partial charge in [0, 0.05) is 38.0 Å². The Bertz CT molecular complexity index is 728. The molecular weight excluding hydrogens is 376 g/mol. The van der Waals surface area contributed by atoms with Gasteiger partial charge in [-0.2, -0.15) is 11.8 Å². The van der Waals surface area contributed by atoms with Crippen molar-refractivity contribution in [2.75, 3.05) is 35.8 Å². The third-order valence-corrected chi connectivity index (χ3v) is 7.15. The van der Waals surface area contributed by atoms with Gasteiger partial charge in [0.25, 0.3) is 11.6 Å². The van der Waals surface area contributed by atoms with Gasteiger partial charge in [-0.1, -0.05) is 6.92 Å². The Morgan fingerprint density at radius 2 is 1.96 bits per heavy atom. The normalized spacial score (nSPS) is 24.6. The second-order valence-electron chi connectivity index (χ2n) is 7.95. The molecule has 8 heteroatoms. The highest BCUT2D eigenvalue weighted by Gasteiger charge is 2.29. The molecule has 0 spiro atoms. The molecule has 1 aromatic rings. The van der Waals surface area contributed by atoms with Gasteiger partial charge in [-0.05, 0) is 49.8 Å². The Morgan fingerprint density at radius 1 is 1.25 bits per heavy atom. The van der Waals surface area contributed by atoms with Gasteiger partial charge in [-0.3, -0.25) is 14.9 Å². The third kappa shape index (κ3) is 4.54. The Kier molecular flexibility index (Phi) is 6.69. The zero-order valence-corrected chi connectivity index (χ0v) is 17.7. The average molecular weight is 407 g/mol. The Morgan fingerprint density at radius 3 is 2.54 bits per heavy atom. The molecule has 1 aliphatic heterocycles. The molecule has 0 aromatic heterocycles. The Labute approximate surface area is 170 Å². The first-order valence-electron chi connectivity index (χ1n) is 10.0. The second kappa shape index (κ2) is 9.03. The molecule has 1 atom stereocenters. The maximum absolute atomic E-state index is 13.1. The summed E-state index contributed by atoms with van der Waals surface area (Å²) in [5, 5.41) is 17.6. The van der Waals surface area contributed by atoms with E-state index in [-0.39, 0.29) is 17.6 Å². The highest BCUT2D eigenvalue weighted by molar-refractivity contribution is 7.99. The molecule has 28 heavy (non-hydrogen) atoms. The van der Waals surface area contributed by atoms with Crippen molar-refractivity contribution < 1.29 is 9.72 Å². The van der Waals surface area contributed by atoms with E-state index in [0.29, 0.717) is 23.2 Å². The number of nitrogens with one attached hydrogen (secondary N) is 2. The molecule has 2 N–H and O–H groups in total. The molecule has 1 unspecified atom stereocenters. The predicted molar refractivity (Wildman–Crippen MR) is 116 cm³/mol. The van der Waals surface area contributed by atoms with E-state index in [2.05, 4.69) is 22.5 Å². The Hall–Kier alpha value is -1.96. The topological polar surface area (TPSA) is 87.5 Å². The first kappa shape index (κ1) is 20.8. The highest BCUT2D eigenvalue weighted by atomic mass is 32.2. The van der Waals surface area contributed by atoms with Crippen LogP contribution in [-0.4, -0.2) is 48.5 Å². The monoisotopic (exact) mass is 406 g/mol. The van der Waals surface area contributed by atoms with E-state index in [1.54, 1.807) is 13.1 Å². The number of amides is 1. The minimum Gasteiger partial charge on any atom is -0.383 e. The molecule has 2 aliphatic rings. The molecule has 1 aromatic carbocycles. The van der Waals surface area contributed by atoms with E-state index in [4.69, 9.17) is 0 Å². The van der Waals surface area contributed by atoms with Crippen molar-refractivity contribution in [2.24, 2.45) is 5.92 Å². The lowest BCUT2D eigenvalue weighted by molar-refractivity contribution is -0.383. The van der Waals surface area contributed by atoms with E-state index in [0.717, 1.165) is 49.3 Å². The summed E-state index contributed by atoms with van der Waals surface area (Å²) in [6.45, 7) is 2.24. The molecular formula is C20H30N4O3S. The predicted octanol–water partition coefficient (Wildman–Crippen LogP) is 3.89. The summed E-state index contributed by atoms with van der Waals surface area (Å²) in [5.41, 5.74) is 1.51. The molecule has 0 radical (unpaired) electrons. The summed E-state index contributed by atoms with van der Waals surface area (Å²) in [5.74, 6) is 2.59. The quantitative estimate of drug-likeness (QED) is 0.550. The lowest BCUT2D eigenvalue weighted by atomic mass is 9.87. The van der Waals surface area contributed by atoms with Crippen molar-refractivity contribution in [1.82, 2.24) is 5.32 Å². The number of anilines is 2.